The van der Waals surface area contributed by atoms with Gasteiger partial charge in [-0.2, -0.15) is 5.26 Å². The van der Waals surface area contributed by atoms with Crippen molar-refractivity contribution in [2.45, 2.75) is 13.3 Å². The molecule has 0 aromatic carbocycles. The Morgan fingerprint density at radius 1 is 1.69 bits per heavy atom. The molecule has 0 aliphatic carbocycles. The van der Waals surface area contributed by atoms with Crippen LogP contribution in [0.4, 0.5) is 5.82 Å². The van der Waals surface area contributed by atoms with Crippen LogP contribution < -0.4 is 5.32 Å². The van der Waals surface area contributed by atoms with Crippen LogP contribution in [0.1, 0.15) is 19.0 Å². The lowest BCUT2D eigenvalue weighted by atomic mass is 10.1. The predicted molar refractivity (Wildman–Crippen MR) is 56.7 cm³/mol. The van der Waals surface area contributed by atoms with Crippen LogP contribution in [0.15, 0.2) is 12.4 Å². The third kappa shape index (κ3) is 3.20. The minimum atomic E-state index is -0.848. The third-order valence-corrected chi connectivity index (χ3v) is 2.12. The van der Waals surface area contributed by atoms with Gasteiger partial charge in [0.25, 0.3) is 0 Å². The molecule has 84 valence electrons. The highest BCUT2D eigenvalue weighted by Crippen LogP contribution is 2.06. The highest BCUT2D eigenvalue weighted by Gasteiger charge is 2.14. The van der Waals surface area contributed by atoms with E-state index in [-0.39, 0.29) is 12.2 Å². The molecule has 0 fully saturated rings. The molecule has 0 aliphatic heterocycles. The minimum Gasteiger partial charge on any atom is -0.481 e. The largest absolute Gasteiger partial charge is 0.481 e. The summed E-state index contributed by atoms with van der Waals surface area (Å²) in [6.45, 7) is 2.08. The van der Waals surface area contributed by atoms with Crippen molar-refractivity contribution in [2.24, 2.45) is 5.92 Å². The van der Waals surface area contributed by atoms with Crippen molar-refractivity contribution in [1.29, 1.82) is 5.26 Å². The number of nitrogens with one attached hydrogen (secondary N) is 1. The molecule has 0 saturated heterocycles. The number of carboxylic acids is 1. The van der Waals surface area contributed by atoms with E-state index in [1.807, 2.05) is 6.07 Å². The first kappa shape index (κ1) is 11.9. The number of nitriles is 1. The van der Waals surface area contributed by atoms with Crippen LogP contribution in [0.2, 0.25) is 0 Å². The van der Waals surface area contributed by atoms with Gasteiger partial charge in [-0.05, 0) is 6.42 Å². The molecule has 0 bridgehead atoms. The van der Waals surface area contributed by atoms with Crippen LogP contribution in [0.25, 0.3) is 0 Å². The van der Waals surface area contributed by atoms with E-state index in [2.05, 4.69) is 15.3 Å². The number of anilines is 1. The maximum atomic E-state index is 10.7. The van der Waals surface area contributed by atoms with Crippen molar-refractivity contribution in [3.05, 3.63) is 18.1 Å². The van der Waals surface area contributed by atoms with Gasteiger partial charge in [-0.25, -0.2) is 4.98 Å². The Hall–Kier alpha value is -2.16. The average Bonchev–Trinajstić information content (AvgIpc) is 2.29. The zero-order chi connectivity index (χ0) is 12.0. The molecule has 0 saturated carbocycles. The quantitative estimate of drug-likeness (QED) is 0.763. The number of nitrogens with zero attached hydrogens (tertiary/aromatic N) is 3. The SMILES string of the molecule is CCC(CNc1cncc(C#N)n1)C(=O)O. The molecular formula is C10H12N4O2. The van der Waals surface area contributed by atoms with E-state index in [4.69, 9.17) is 10.4 Å². The first-order valence-electron chi connectivity index (χ1n) is 4.86. The fourth-order valence-electron chi connectivity index (χ4n) is 1.14. The Labute approximate surface area is 93.0 Å². The second-order valence-electron chi connectivity index (χ2n) is 3.23. The van der Waals surface area contributed by atoms with Crippen LogP contribution in [-0.2, 0) is 4.79 Å². The van der Waals surface area contributed by atoms with Gasteiger partial charge in [0.15, 0.2) is 5.69 Å². The summed E-state index contributed by atoms with van der Waals surface area (Å²) in [5.41, 5.74) is 0.202. The van der Waals surface area contributed by atoms with E-state index < -0.39 is 11.9 Å². The lowest BCUT2D eigenvalue weighted by molar-refractivity contribution is -0.141. The standard InChI is InChI=1S/C10H12N4O2/c1-2-7(10(15)16)4-13-9-6-12-5-8(3-11)14-9/h5-7H,2,4H2,1H3,(H,13,14)(H,15,16). The molecule has 2 N–H and O–H groups in total. The molecular weight excluding hydrogens is 208 g/mol. The van der Waals surface area contributed by atoms with Gasteiger partial charge in [0, 0.05) is 6.54 Å². The Morgan fingerprint density at radius 2 is 2.44 bits per heavy atom. The van der Waals surface area contributed by atoms with Gasteiger partial charge >= 0.3 is 5.97 Å². The number of aliphatic carboxylic acids is 1. The van der Waals surface area contributed by atoms with Crippen LogP contribution in [0.5, 0.6) is 0 Å². The predicted octanol–water partition coefficient (Wildman–Crippen LogP) is 0.871. The molecule has 0 spiro atoms. The maximum Gasteiger partial charge on any atom is 0.308 e. The molecule has 1 aromatic rings. The molecule has 1 atom stereocenters. The average molecular weight is 220 g/mol. The van der Waals surface area contributed by atoms with Gasteiger partial charge in [-0.1, -0.05) is 6.92 Å². The normalized spacial score (nSPS) is 11.5. The molecule has 1 unspecified atom stereocenters. The van der Waals surface area contributed by atoms with Crippen LogP contribution in [0.3, 0.4) is 0 Å². The van der Waals surface area contributed by atoms with Crippen molar-refractivity contribution in [3.63, 3.8) is 0 Å². The van der Waals surface area contributed by atoms with Crippen molar-refractivity contribution in [1.82, 2.24) is 9.97 Å². The van der Waals surface area contributed by atoms with Crippen molar-refractivity contribution >= 4 is 11.8 Å². The highest BCUT2D eigenvalue weighted by atomic mass is 16.4. The van der Waals surface area contributed by atoms with Gasteiger partial charge in [-0.15, -0.1) is 0 Å². The summed E-state index contributed by atoms with van der Waals surface area (Å²) in [5, 5.41) is 20.3. The second-order valence-corrected chi connectivity index (χ2v) is 3.23. The zero-order valence-corrected chi connectivity index (χ0v) is 8.84. The first-order chi connectivity index (χ1) is 7.67. The number of hydrogen-bond donors (Lipinski definition) is 2. The molecule has 0 radical (unpaired) electrons. The first-order valence-corrected chi connectivity index (χ1v) is 4.86. The number of hydrogen-bond acceptors (Lipinski definition) is 5. The number of carboxylic acid groups (broad SMARTS) is 1. The van der Waals surface area contributed by atoms with E-state index in [1.54, 1.807) is 6.92 Å². The third-order valence-electron chi connectivity index (χ3n) is 2.12. The monoisotopic (exact) mass is 220 g/mol. The molecule has 1 rings (SSSR count). The van der Waals surface area contributed by atoms with Gasteiger partial charge < -0.3 is 10.4 Å². The summed E-state index contributed by atoms with van der Waals surface area (Å²) in [5.74, 6) is -0.898. The van der Waals surface area contributed by atoms with E-state index in [0.29, 0.717) is 12.2 Å². The fourth-order valence-corrected chi connectivity index (χ4v) is 1.14. The fraction of sp³-hybridized carbons (Fsp3) is 0.400. The Bertz CT molecular complexity index is 414. The van der Waals surface area contributed by atoms with Crippen LogP contribution >= 0.6 is 0 Å². The van der Waals surface area contributed by atoms with Gasteiger partial charge in [0.2, 0.25) is 0 Å². The van der Waals surface area contributed by atoms with E-state index in [0.717, 1.165) is 0 Å². The molecule has 6 nitrogen and oxygen atoms in total. The van der Waals surface area contributed by atoms with E-state index >= 15 is 0 Å². The topological polar surface area (TPSA) is 98.9 Å². The zero-order valence-electron chi connectivity index (χ0n) is 8.84. The van der Waals surface area contributed by atoms with Gasteiger partial charge in [0.1, 0.15) is 11.9 Å². The lowest BCUT2D eigenvalue weighted by Crippen LogP contribution is -2.22. The highest BCUT2D eigenvalue weighted by molar-refractivity contribution is 5.70. The number of carbonyl (C=O) groups is 1. The summed E-state index contributed by atoms with van der Waals surface area (Å²) in [6.07, 6.45) is 3.34. The Kier molecular flexibility index (Phi) is 4.21. The smallest absolute Gasteiger partial charge is 0.308 e. The Morgan fingerprint density at radius 3 is 3.00 bits per heavy atom. The van der Waals surface area contributed by atoms with Crippen LogP contribution in [-0.4, -0.2) is 27.6 Å². The molecule has 6 heteroatoms. The molecule has 1 aromatic heterocycles. The number of aromatic nitrogens is 2. The van der Waals surface area contributed by atoms with Gasteiger partial charge in [0.05, 0.1) is 18.3 Å². The number of rotatable bonds is 5. The summed E-state index contributed by atoms with van der Waals surface area (Å²) >= 11 is 0. The molecule has 16 heavy (non-hydrogen) atoms. The Balaban J connectivity index is 2.60. The van der Waals surface area contributed by atoms with Crippen LogP contribution in [0, 0.1) is 17.2 Å². The van der Waals surface area contributed by atoms with Gasteiger partial charge in [-0.3, -0.25) is 9.78 Å². The lowest BCUT2D eigenvalue weighted by Gasteiger charge is -2.10. The molecule has 1 heterocycles. The van der Waals surface area contributed by atoms with Crippen molar-refractivity contribution in [3.8, 4) is 6.07 Å². The van der Waals surface area contributed by atoms with E-state index in [9.17, 15) is 4.79 Å². The second kappa shape index (κ2) is 5.66. The molecule has 0 aliphatic rings. The summed E-state index contributed by atoms with van der Waals surface area (Å²) in [7, 11) is 0. The van der Waals surface area contributed by atoms with Crippen molar-refractivity contribution in [2.75, 3.05) is 11.9 Å². The summed E-state index contributed by atoms with van der Waals surface area (Å²) in [6, 6.07) is 1.86. The van der Waals surface area contributed by atoms with Crippen molar-refractivity contribution < 1.29 is 9.90 Å². The summed E-state index contributed by atoms with van der Waals surface area (Å²) in [4.78, 5) is 18.5. The minimum absolute atomic E-state index is 0.202. The molecule has 0 amide bonds. The van der Waals surface area contributed by atoms with E-state index in [1.165, 1.54) is 12.4 Å². The maximum absolute atomic E-state index is 10.7. The summed E-state index contributed by atoms with van der Waals surface area (Å²) < 4.78 is 0.